The van der Waals surface area contributed by atoms with Crippen LogP contribution in [0.2, 0.25) is 5.02 Å². The van der Waals surface area contributed by atoms with Crippen molar-refractivity contribution >= 4 is 40.2 Å². The number of benzene rings is 1. The predicted molar refractivity (Wildman–Crippen MR) is 106 cm³/mol. The summed E-state index contributed by atoms with van der Waals surface area (Å²) >= 11 is 7.28. The second-order valence-corrected chi connectivity index (χ2v) is 8.75. The molecule has 0 saturated heterocycles. The van der Waals surface area contributed by atoms with E-state index in [1.54, 1.807) is 36.8 Å². The molecule has 1 aromatic heterocycles. The van der Waals surface area contributed by atoms with Crippen molar-refractivity contribution in [1.82, 2.24) is 14.9 Å². The first-order valence-electron chi connectivity index (χ1n) is 8.30. The van der Waals surface area contributed by atoms with E-state index in [1.165, 1.54) is 11.8 Å². The van der Waals surface area contributed by atoms with Crippen LogP contribution in [0.25, 0.3) is 10.9 Å². The number of carbonyl (C=O) groups excluding carboxylic acids is 1. The standard InChI is InChI=1S/C18H24ClN3O3S/c1-11(15(23)21-18(2,3)4)26-17-20-14-10-12(19)6-7-13(14)16(24)22(17)8-9-25-5/h6-7,10-11H,8-9H2,1-5H3,(H,21,23). The van der Waals surface area contributed by atoms with Crippen LogP contribution >= 0.6 is 23.4 Å². The monoisotopic (exact) mass is 397 g/mol. The lowest BCUT2D eigenvalue weighted by Crippen LogP contribution is -2.44. The van der Waals surface area contributed by atoms with Crippen LogP contribution in [0.1, 0.15) is 27.7 Å². The molecular weight excluding hydrogens is 374 g/mol. The summed E-state index contributed by atoms with van der Waals surface area (Å²) in [6, 6.07) is 4.99. The van der Waals surface area contributed by atoms with E-state index < -0.39 is 5.25 Å². The minimum Gasteiger partial charge on any atom is -0.383 e. The molecule has 2 aromatic rings. The summed E-state index contributed by atoms with van der Waals surface area (Å²) in [6.07, 6.45) is 0. The van der Waals surface area contributed by atoms with E-state index in [1.807, 2.05) is 20.8 Å². The number of rotatable bonds is 6. The number of aromatic nitrogens is 2. The van der Waals surface area contributed by atoms with E-state index in [2.05, 4.69) is 10.3 Å². The van der Waals surface area contributed by atoms with Gasteiger partial charge in [-0.15, -0.1) is 0 Å². The fourth-order valence-electron chi connectivity index (χ4n) is 2.33. The van der Waals surface area contributed by atoms with Crippen molar-refractivity contribution in [2.75, 3.05) is 13.7 Å². The van der Waals surface area contributed by atoms with E-state index in [9.17, 15) is 9.59 Å². The third-order valence-corrected chi connectivity index (χ3v) is 4.88. The van der Waals surface area contributed by atoms with E-state index in [0.717, 1.165) is 0 Å². The van der Waals surface area contributed by atoms with Crippen LogP contribution in [0.4, 0.5) is 0 Å². The molecule has 0 radical (unpaired) electrons. The predicted octanol–water partition coefficient (Wildman–Crippen LogP) is 3.09. The van der Waals surface area contributed by atoms with Gasteiger partial charge in [0.1, 0.15) is 0 Å². The van der Waals surface area contributed by atoms with E-state index >= 15 is 0 Å². The van der Waals surface area contributed by atoms with Gasteiger partial charge in [0.15, 0.2) is 5.16 Å². The topological polar surface area (TPSA) is 73.2 Å². The van der Waals surface area contributed by atoms with Crippen molar-refractivity contribution in [3.63, 3.8) is 0 Å². The van der Waals surface area contributed by atoms with Crippen molar-refractivity contribution in [2.24, 2.45) is 0 Å². The molecule has 1 unspecified atom stereocenters. The van der Waals surface area contributed by atoms with Crippen molar-refractivity contribution in [1.29, 1.82) is 0 Å². The molecule has 26 heavy (non-hydrogen) atoms. The quantitative estimate of drug-likeness (QED) is 0.599. The van der Waals surface area contributed by atoms with Crippen LogP contribution in [-0.2, 0) is 16.1 Å². The minimum absolute atomic E-state index is 0.110. The summed E-state index contributed by atoms with van der Waals surface area (Å²) in [7, 11) is 1.57. The Hall–Kier alpha value is -1.57. The number of nitrogens with one attached hydrogen (secondary N) is 1. The molecule has 0 fully saturated rings. The van der Waals surface area contributed by atoms with Crippen LogP contribution in [0.5, 0.6) is 0 Å². The lowest BCUT2D eigenvalue weighted by Gasteiger charge is -2.23. The first-order chi connectivity index (χ1) is 12.1. The van der Waals surface area contributed by atoms with Crippen LogP contribution < -0.4 is 10.9 Å². The number of fused-ring (bicyclic) bond motifs is 1. The third-order valence-electron chi connectivity index (χ3n) is 3.55. The molecule has 1 atom stereocenters. The maximum absolute atomic E-state index is 12.9. The highest BCUT2D eigenvalue weighted by atomic mass is 35.5. The molecule has 2 rings (SSSR count). The zero-order valence-corrected chi connectivity index (χ0v) is 17.2. The molecule has 1 heterocycles. The second kappa shape index (κ2) is 8.41. The number of ether oxygens (including phenoxy) is 1. The Balaban J connectivity index is 2.43. The highest BCUT2D eigenvalue weighted by molar-refractivity contribution is 8.00. The number of carbonyl (C=O) groups is 1. The van der Waals surface area contributed by atoms with Gasteiger partial charge in [0.05, 0.1) is 29.3 Å². The largest absolute Gasteiger partial charge is 0.383 e. The Bertz CT molecular complexity index is 861. The van der Waals surface area contributed by atoms with Gasteiger partial charge < -0.3 is 10.1 Å². The Morgan fingerprint density at radius 2 is 2.12 bits per heavy atom. The first kappa shape index (κ1) is 20.7. The Morgan fingerprint density at radius 3 is 2.73 bits per heavy atom. The molecule has 1 aromatic carbocycles. The molecule has 1 amide bonds. The number of halogens is 1. The number of methoxy groups -OCH3 is 1. The van der Waals surface area contributed by atoms with E-state index in [0.29, 0.717) is 34.2 Å². The van der Waals surface area contributed by atoms with Gasteiger partial charge in [-0.1, -0.05) is 23.4 Å². The summed E-state index contributed by atoms with van der Waals surface area (Å²) in [5.74, 6) is -0.110. The molecule has 1 N–H and O–H groups in total. The molecule has 0 aliphatic heterocycles. The van der Waals surface area contributed by atoms with Gasteiger partial charge in [-0.25, -0.2) is 4.98 Å². The molecule has 6 nitrogen and oxygen atoms in total. The van der Waals surface area contributed by atoms with Crippen LogP contribution in [0, 0.1) is 0 Å². The van der Waals surface area contributed by atoms with Gasteiger partial charge in [-0.2, -0.15) is 0 Å². The van der Waals surface area contributed by atoms with Crippen LogP contribution in [0.3, 0.4) is 0 Å². The van der Waals surface area contributed by atoms with Crippen molar-refractivity contribution in [2.45, 2.75) is 50.2 Å². The molecule has 0 aliphatic rings. The number of hydrogen-bond acceptors (Lipinski definition) is 5. The van der Waals surface area contributed by atoms with E-state index in [4.69, 9.17) is 16.3 Å². The highest BCUT2D eigenvalue weighted by Gasteiger charge is 2.22. The Labute approximate surface area is 162 Å². The normalized spacial score (nSPS) is 13.0. The average Bonchev–Trinajstić information content (AvgIpc) is 2.52. The Morgan fingerprint density at radius 1 is 1.42 bits per heavy atom. The SMILES string of the molecule is COCCn1c(SC(C)C(=O)NC(C)(C)C)nc2cc(Cl)ccc2c1=O. The summed E-state index contributed by atoms with van der Waals surface area (Å²) in [4.78, 5) is 29.8. The summed E-state index contributed by atoms with van der Waals surface area (Å²) in [5.41, 5.74) is 0.0168. The second-order valence-electron chi connectivity index (χ2n) is 7.00. The van der Waals surface area contributed by atoms with E-state index in [-0.39, 0.29) is 17.0 Å². The number of hydrogen-bond donors (Lipinski definition) is 1. The Kier molecular flexibility index (Phi) is 6.71. The maximum Gasteiger partial charge on any atom is 0.262 e. The zero-order chi connectivity index (χ0) is 19.5. The molecule has 0 bridgehead atoms. The molecule has 0 spiro atoms. The summed E-state index contributed by atoms with van der Waals surface area (Å²) < 4.78 is 6.65. The molecule has 0 saturated carbocycles. The average molecular weight is 398 g/mol. The third kappa shape index (κ3) is 5.22. The molecule has 0 aliphatic carbocycles. The van der Waals surface area contributed by atoms with Crippen molar-refractivity contribution in [3.05, 3.63) is 33.6 Å². The fraction of sp³-hybridized carbons (Fsp3) is 0.500. The fourth-order valence-corrected chi connectivity index (χ4v) is 3.43. The van der Waals surface area contributed by atoms with Gasteiger partial charge in [-0.3, -0.25) is 14.2 Å². The lowest BCUT2D eigenvalue weighted by molar-refractivity contribution is -0.121. The number of thioether (sulfide) groups is 1. The van der Waals surface area contributed by atoms with Gasteiger partial charge in [0, 0.05) is 17.7 Å². The zero-order valence-electron chi connectivity index (χ0n) is 15.6. The number of nitrogens with zero attached hydrogens (tertiary/aromatic N) is 2. The van der Waals surface area contributed by atoms with Crippen LogP contribution in [-0.4, -0.2) is 40.0 Å². The van der Waals surface area contributed by atoms with Crippen molar-refractivity contribution in [3.8, 4) is 0 Å². The highest BCUT2D eigenvalue weighted by Crippen LogP contribution is 2.24. The number of amides is 1. The smallest absolute Gasteiger partial charge is 0.262 e. The van der Waals surface area contributed by atoms with Gasteiger partial charge in [0.2, 0.25) is 5.91 Å². The summed E-state index contributed by atoms with van der Waals surface area (Å²) in [5, 5.41) is 4.00. The van der Waals surface area contributed by atoms with Gasteiger partial charge in [0.25, 0.3) is 5.56 Å². The van der Waals surface area contributed by atoms with Gasteiger partial charge in [-0.05, 0) is 45.9 Å². The maximum atomic E-state index is 12.9. The van der Waals surface area contributed by atoms with Gasteiger partial charge >= 0.3 is 0 Å². The lowest BCUT2D eigenvalue weighted by atomic mass is 10.1. The molecule has 8 heteroatoms. The molecule has 142 valence electrons. The minimum atomic E-state index is -0.411. The van der Waals surface area contributed by atoms with Crippen LogP contribution in [0.15, 0.2) is 28.2 Å². The first-order valence-corrected chi connectivity index (χ1v) is 9.56. The van der Waals surface area contributed by atoms with Crippen molar-refractivity contribution < 1.29 is 9.53 Å². The summed E-state index contributed by atoms with van der Waals surface area (Å²) in [6.45, 7) is 8.29. The molecular formula is C18H24ClN3O3S.